The third-order valence-electron chi connectivity index (χ3n) is 1.65. The molecule has 0 saturated carbocycles. The molecular formula is C8H21N2O3Si. The summed E-state index contributed by atoms with van der Waals surface area (Å²) in [7, 11) is 1.66. The molecule has 0 aliphatic rings. The Hall–Kier alpha value is 0.0169. The van der Waals surface area contributed by atoms with E-state index in [1.165, 1.54) is 0 Å². The molecule has 0 aromatic carbocycles. The van der Waals surface area contributed by atoms with E-state index in [-0.39, 0.29) is 6.17 Å². The van der Waals surface area contributed by atoms with E-state index in [2.05, 4.69) is 12.2 Å². The predicted octanol–water partition coefficient (Wildman–Crippen LogP) is -0.0464. The Kier molecular flexibility index (Phi) is 8.35. The molecule has 0 rings (SSSR count). The predicted molar refractivity (Wildman–Crippen MR) is 56.6 cm³/mol. The van der Waals surface area contributed by atoms with Gasteiger partial charge in [-0.3, -0.25) is 5.32 Å². The second-order valence-corrected chi connectivity index (χ2v) is 4.76. The van der Waals surface area contributed by atoms with Gasteiger partial charge in [-0.2, -0.15) is 0 Å². The van der Waals surface area contributed by atoms with Gasteiger partial charge in [0.15, 0.2) is 0 Å². The van der Waals surface area contributed by atoms with Crippen molar-refractivity contribution in [1.82, 2.24) is 5.32 Å². The minimum absolute atomic E-state index is 0.0135. The Labute approximate surface area is 87.9 Å². The molecule has 0 amide bonds. The lowest BCUT2D eigenvalue weighted by molar-refractivity contribution is 0.130. The highest BCUT2D eigenvalue weighted by Crippen LogP contribution is 1.95. The van der Waals surface area contributed by atoms with Crippen LogP contribution >= 0.6 is 0 Å². The lowest BCUT2D eigenvalue weighted by Crippen LogP contribution is -2.41. The molecule has 0 aliphatic heterocycles. The van der Waals surface area contributed by atoms with Gasteiger partial charge in [0.1, 0.15) is 0 Å². The van der Waals surface area contributed by atoms with Crippen LogP contribution in [-0.4, -0.2) is 42.6 Å². The number of nitrogens with two attached hydrogens (primary N) is 1. The average Bonchev–Trinajstić information content (AvgIpc) is 2.11. The maximum atomic E-state index is 5.58. The zero-order chi connectivity index (χ0) is 11.0. The van der Waals surface area contributed by atoms with Crippen LogP contribution in [0.3, 0.4) is 0 Å². The summed E-state index contributed by atoms with van der Waals surface area (Å²) in [4.78, 5) is 0. The SMILES string of the molecule is CO[Si](OC)OCCC(C)NC(C)N. The van der Waals surface area contributed by atoms with Crippen LogP contribution < -0.4 is 11.1 Å². The molecule has 1 radical (unpaired) electrons. The molecule has 85 valence electrons. The highest BCUT2D eigenvalue weighted by molar-refractivity contribution is 6.36. The zero-order valence-corrected chi connectivity index (χ0v) is 10.4. The van der Waals surface area contributed by atoms with E-state index in [1.54, 1.807) is 14.2 Å². The van der Waals surface area contributed by atoms with E-state index in [9.17, 15) is 0 Å². The molecule has 0 saturated heterocycles. The van der Waals surface area contributed by atoms with Crippen molar-refractivity contribution in [1.29, 1.82) is 0 Å². The number of rotatable bonds is 8. The van der Waals surface area contributed by atoms with Gasteiger partial charge in [0.05, 0.1) is 6.17 Å². The van der Waals surface area contributed by atoms with Crippen molar-refractivity contribution in [2.45, 2.75) is 32.5 Å². The summed E-state index contributed by atoms with van der Waals surface area (Å²) in [6.07, 6.45) is 0.905. The van der Waals surface area contributed by atoms with Gasteiger partial charge in [-0.15, -0.1) is 0 Å². The van der Waals surface area contributed by atoms with Crippen LogP contribution in [0, 0.1) is 0 Å². The fraction of sp³-hybridized carbons (Fsp3) is 1.00. The van der Waals surface area contributed by atoms with Crippen LogP contribution in [0.2, 0.25) is 0 Å². The summed E-state index contributed by atoms with van der Waals surface area (Å²) in [6, 6.07) is 0.340. The van der Waals surface area contributed by atoms with Gasteiger partial charge in [-0.05, 0) is 20.3 Å². The second-order valence-electron chi connectivity index (χ2n) is 3.15. The maximum Gasteiger partial charge on any atom is 0.577 e. The van der Waals surface area contributed by atoms with Crippen molar-refractivity contribution in [2.24, 2.45) is 5.73 Å². The fourth-order valence-electron chi connectivity index (χ4n) is 1.05. The molecule has 2 atom stereocenters. The Morgan fingerprint density at radius 2 is 1.86 bits per heavy atom. The first-order valence-corrected chi connectivity index (χ1v) is 5.92. The number of hydrogen-bond donors (Lipinski definition) is 2. The molecule has 2 unspecified atom stereocenters. The minimum Gasteiger partial charge on any atom is -0.375 e. The van der Waals surface area contributed by atoms with Gasteiger partial charge in [0, 0.05) is 26.9 Å². The standard InChI is InChI=1S/C8H21N2O3Si/c1-7(10-8(2)9)5-6-13-14(11-3)12-4/h7-8,10H,5-6,9H2,1-4H3. The largest absolute Gasteiger partial charge is 0.577 e. The molecule has 0 aliphatic carbocycles. The summed E-state index contributed by atoms with van der Waals surface area (Å²) in [5.74, 6) is 0. The Morgan fingerprint density at radius 1 is 1.29 bits per heavy atom. The first kappa shape index (κ1) is 14.0. The number of hydrogen-bond acceptors (Lipinski definition) is 5. The van der Waals surface area contributed by atoms with E-state index in [4.69, 9.17) is 19.0 Å². The topological polar surface area (TPSA) is 65.7 Å². The van der Waals surface area contributed by atoms with Crippen LogP contribution in [0.1, 0.15) is 20.3 Å². The van der Waals surface area contributed by atoms with E-state index in [0.29, 0.717) is 12.6 Å². The van der Waals surface area contributed by atoms with Crippen molar-refractivity contribution >= 4 is 9.53 Å². The van der Waals surface area contributed by atoms with Gasteiger partial charge in [-0.1, -0.05) is 0 Å². The van der Waals surface area contributed by atoms with Crippen LogP contribution in [0.5, 0.6) is 0 Å². The van der Waals surface area contributed by atoms with E-state index in [1.807, 2.05) is 6.92 Å². The Morgan fingerprint density at radius 3 is 2.29 bits per heavy atom. The summed E-state index contributed by atoms with van der Waals surface area (Å²) in [5.41, 5.74) is 5.58. The number of nitrogens with one attached hydrogen (secondary N) is 1. The zero-order valence-electron chi connectivity index (χ0n) is 9.37. The van der Waals surface area contributed by atoms with Gasteiger partial charge >= 0.3 is 9.53 Å². The summed E-state index contributed by atoms with van der Waals surface area (Å²) in [6.45, 7) is 4.60. The molecule has 3 N–H and O–H groups in total. The molecule has 0 aromatic rings. The molecule has 0 bridgehead atoms. The summed E-state index contributed by atoms with van der Waals surface area (Å²) >= 11 is 0. The van der Waals surface area contributed by atoms with E-state index < -0.39 is 9.53 Å². The van der Waals surface area contributed by atoms with E-state index >= 15 is 0 Å². The van der Waals surface area contributed by atoms with Crippen molar-refractivity contribution in [2.75, 3.05) is 20.8 Å². The first-order valence-electron chi connectivity index (χ1n) is 4.69. The van der Waals surface area contributed by atoms with Crippen LogP contribution in [-0.2, 0) is 13.3 Å². The monoisotopic (exact) mass is 221 g/mol. The van der Waals surface area contributed by atoms with Gasteiger partial charge in [-0.25, -0.2) is 0 Å². The normalized spacial score (nSPS) is 15.9. The van der Waals surface area contributed by atoms with Gasteiger partial charge < -0.3 is 19.0 Å². The third-order valence-corrected chi connectivity index (χ3v) is 2.76. The molecule has 0 fully saturated rings. The second kappa shape index (κ2) is 8.34. The lowest BCUT2D eigenvalue weighted by atomic mass is 10.2. The highest BCUT2D eigenvalue weighted by atomic mass is 28.3. The first-order chi connectivity index (χ1) is 6.60. The van der Waals surface area contributed by atoms with Crippen molar-refractivity contribution in [3.8, 4) is 0 Å². The fourth-order valence-corrected chi connectivity index (χ4v) is 1.74. The van der Waals surface area contributed by atoms with Crippen molar-refractivity contribution in [3.05, 3.63) is 0 Å². The molecule has 0 aromatic heterocycles. The molecule has 0 heterocycles. The van der Waals surface area contributed by atoms with Crippen LogP contribution in [0.15, 0.2) is 0 Å². The van der Waals surface area contributed by atoms with Crippen LogP contribution in [0.4, 0.5) is 0 Å². The molecule has 14 heavy (non-hydrogen) atoms. The molecule has 5 nitrogen and oxygen atoms in total. The van der Waals surface area contributed by atoms with Crippen LogP contribution in [0.25, 0.3) is 0 Å². The third kappa shape index (κ3) is 7.42. The summed E-state index contributed by atoms with van der Waals surface area (Å²) in [5, 5.41) is 3.18. The Balaban J connectivity index is 3.42. The van der Waals surface area contributed by atoms with E-state index in [0.717, 1.165) is 6.42 Å². The average molecular weight is 221 g/mol. The lowest BCUT2D eigenvalue weighted by Gasteiger charge is -2.17. The molecule has 6 heteroatoms. The Bertz CT molecular complexity index is 134. The van der Waals surface area contributed by atoms with Gasteiger partial charge in [0.25, 0.3) is 0 Å². The smallest absolute Gasteiger partial charge is 0.375 e. The highest BCUT2D eigenvalue weighted by Gasteiger charge is 2.15. The minimum atomic E-state index is -1.51. The van der Waals surface area contributed by atoms with Crippen molar-refractivity contribution in [3.63, 3.8) is 0 Å². The molecule has 0 spiro atoms. The summed E-state index contributed by atoms with van der Waals surface area (Å²) < 4.78 is 15.3. The quantitative estimate of drug-likeness (QED) is 0.444. The molecular weight excluding hydrogens is 200 g/mol. The van der Waals surface area contributed by atoms with Gasteiger partial charge in [0.2, 0.25) is 0 Å². The van der Waals surface area contributed by atoms with Crippen molar-refractivity contribution < 1.29 is 13.3 Å². The maximum absolute atomic E-state index is 5.58.